The Bertz CT molecular complexity index is 748. The number of benzene rings is 2. The number of rotatable bonds is 2. The fraction of sp³-hybridized carbons (Fsp3) is 0.176. The zero-order valence-electron chi connectivity index (χ0n) is 11.6. The molecule has 0 bridgehead atoms. The van der Waals surface area contributed by atoms with Gasteiger partial charge in [0.1, 0.15) is 5.82 Å². The topological polar surface area (TPSA) is 53.6 Å². The van der Waals surface area contributed by atoms with Crippen LogP contribution >= 0.6 is 0 Å². The third-order valence-electron chi connectivity index (χ3n) is 3.95. The Hall–Kier alpha value is -2.62. The Morgan fingerprint density at radius 3 is 2.67 bits per heavy atom. The molecule has 1 aliphatic rings. The number of fused-ring (bicyclic) bond motifs is 1. The predicted molar refractivity (Wildman–Crippen MR) is 83.2 cm³/mol. The molecule has 1 aromatic heterocycles. The molecule has 4 heteroatoms. The van der Waals surface area contributed by atoms with E-state index in [9.17, 15) is 0 Å². The van der Waals surface area contributed by atoms with Crippen LogP contribution in [0, 0.1) is 0 Å². The molecule has 0 fully saturated rings. The molecule has 1 aliphatic heterocycles. The molecule has 3 aromatic rings. The highest BCUT2D eigenvalue weighted by Gasteiger charge is 2.24. The van der Waals surface area contributed by atoms with Crippen LogP contribution in [-0.2, 0) is 0 Å². The first-order valence-corrected chi connectivity index (χ1v) is 7.22. The van der Waals surface area contributed by atoms with E-state index in [1.165, 1.54) is 11.3 Å². The summed E-state index contributed by atoms with van der Waals surface area (Å²) in [5.74, 6) is 2.00. The Morgan fingerprint density at radius 1 is 0.952 bits per heavy atom. The summed E-state index contributed by atoms with van der Waals surface area (Å²) in [6, 6.07) is 18.5. The number of aromatic nitrogens is 3. The van der Waals surface area contributed by atoms with Crippen molar-refractivity contribution in [3.8, 4) is 11.4 Å². The van der Waals surface area contributed by atoms with Crippen molar-refractivity contribution in [3.05, 3.63) is 66.0 Å². The van der Waals surface area contributed by atoms with Gasteiger partial charge in [-0.25, -0.2) is 4.98 Å². The first-order valence-electron chi connectivity index (χ1n) is 7.22. The smallest absolute Gasteiger partial charge is 0.181 e. The van der Waals surface area contributed by atoms with Gasteiger partial charge in [-0.05, 0) is 18.1 Å². The Balaban J connectivity index is 1.71. The van der Waals surface area contributed by atoms with E-state index in [0.717, 1.165) is 30.2 Å². The maximum absolute atomic E-state index is 4.71. The number of H-pyrrole nitrogens is 1. The fourth-order valence-electron chi connectivity index (χ4n) is 2.90. The molecule has 0 saturated heterocycles. The predicted octanol–water partition coefficient (Wildman–Crippen LogP) is 3.42. The summed E-state index contributed by atoms with van der Waals surface area (Å²) in [7, 11) is 0. The van der Waals surface area contributed by atoms with E-state index < -0.39 is 0 Å². The van der Waals surface area contributed by atoms with Crippen molar-refractivity contribution in [2.45, 2.75) is 12.3 Å². The molecule has 4 rings (SSSR count). The van der Waals surface area contributed by atoms with Crippen LogP contribution < -0.4 is 5.32 Å². The zero-order valence-corrected chi connectivity index (χ0v) is 11.6. The highest BCUT2D eigenvalue weighted by atomic mass is 15.2. The van der Waals surface area contributed by atoms with Crippen LogP contribution in [0.3, 0.4) is 0 Å². The van der Waals surface area contributed by atoms with Crippen molar-refractivity contribution in [1.29, 1.82) is 0 Å². The molecule has 0 radical (unpaired) electrons. The van der Waals surface area contributed by atoms with Gasteiger partial charge in [0, 0.05) is 23.7 Å². The van der Waals surface area contributed by atoms with Gasteiger partial charge < -0.3 is 5.32 Å². The lowest BCUT2D eigenvalue weighted by Gasteiger charge is -2.24. The number of hydrogen-bond donors (Lipinski definition) is 2. The van der Waals surface area contributed by atoms with Gasteiger partial charge in [0.25, 0.3) is 0 Å². The quantitative estimate of drug-likeness (QED) is 0.754. The molecule has 2 aromatic carbocycles. The van der Waals surface area contributed by atoms with Crippen molar-refractivity contribution in [1.82, 2.24) is 15.2 Å². The second kappa shape index (κ2) is 5.05. The van der Waals surface area contributed by atoms with Gasteiger partial charge in [0.2, 0.25) is 0 Å². The number of aromatic amines is 1. The summed E-state index contributed by atoms with van der Waals surface area (Å²) in [6.07, 6.45) is 1.03. The minimum atomic E-state index is 0.285. The van der Waals surface area contributed by atoms with Gasteiger partial charge in [0.05, 0.1) is 0 Å². The minimum Gasteiger partial charge on any atom is -0.385 e. The van der Waals surface area contributed by atoms with Crippen LogP contribution in [0.5, 0.6) is 0 Å². The molecular weight excluding hydrogens is 260 g/mol. The first kappa shape index (κ1) is 12.1. The van der Waals surface area contributed by atoms with Crippen LogP contribution in [0.4, 0.5) is 5.69 Å². The molecule has 1 atom stereocenters. The molecule has 0 aliphatic carbocycles. The molecule has 2 N–H and O–H groups in total. The third kappa shape index (κ3) is 2.18. The lowest BCUT2D eigenvalue weighted by molar-refractivity contribution is 0.678. The molecule has 0 spiro atoms. The molecular formula is C17H16N4. The standard InChI is InChI=1S/C17H16N4/c1-2-6-12(7-3-1)16-19-17(21-20-16)14-10-11-18-15-9-5-4-8-13(14)15/h1-9,14,18H,10-11H2,(H,19,20,21). The zero-order chi connectivity index (χ0) is 14.1. The van der Waals surface area contributed by atoms with E-state index >= 15 is 0 Å². The van der Waals surface area contributed by atoms with Crippen LogP contribution in [0.1, 0.15) is 23.7 Å². The van der Waals surface area contributed by atoms with Crippen LogP contribution in [-0.4, -0.2) is 21.7 Å². The highest BCUT2D eigenvalue weighted by molar-refractivity contribution is 5.57. The molecule has 0 saturated carbocycles. The first-order chi connectivity index (χ1) is 10.4. The lowest BCUT2D eigenvalue weighted by atomic mass is 9.90. The van der Waals surface area contributed by atoms with Gasteiger partial charge >= 0.3 is 0 Å². The van der Waals surface area contributed by atoms with Crippen LogP contribution in [0.15, 0.2) is 54.6 Å². The number of nitrogens with one attached hydrogen (secondary N) is 2. The summed E-state index contributed by atoms with van der Waals surface area (Å²) in [5.41, 5.74) is 3.54. The molecule has 21 heavy (non-hydrogen) atoms. The second-order valence-electron chi connectivity index (χ2n) is 5.27. The van der Waals surface area contributed by atoms with Gasteiger partial charge in [-0.1, -0.05) is 48.5 Å². The van der Waals surface area contributed by atoms with Crippen LogP contribution in [0.2, 0.25) is 0 Å². The van der Waals surface area contributed by atoms with Gasteiger partial charge in [-0.3, -0.25) is 5.10 Å². The average Bonchev–Trinajstić information content (AvgIpc) is 3.05. The van der Waals surface area contributed by atoms with E-state index in [2.05, 4.69) is 39.8 Å². The van der Waals surface area contributed by atoms with Crippen molar-refractivity contribution < 1.29 is 0 Å². The van der Waals surface area contributed by atoms with Gasteiger partial charge in [-0.15, -0.1) is 0 Å². The summed E-state index contributed by atoms with van der Waals surface area (Å²) in [4.78, 5) is 4.71. The minimum absolute atomic E-state index is 0.285. The fourth-order valence-corrected chi connectivity index (χ4v) is 2.90. The molecule has 1 unspecified atom stereocenters. The van der Waals surface area contributed by atoms with E-state index in [1.54, 1.807) is 0 Å². The third-order valence-corrected chi connectivity index (χ3v) is 3.95. The maximum atomic E-state index is 4.71. The normalized spacial score (nSPS) is 17.0. The maximum Gasteiger partial charge on any atom is 0.181 e. The summed E-state index contributed by atoms with van der Waals surface area (Å²) >= 11 is 0. The van der Waals surface area contributed by atoms with Gasteiger partial charge in [0.15, 0.2) is 5.82 Å². The van der Waals surface area contributed by atoms with Crippen molar-refractivity contribution in [2.24, 2.45) is 0 Å². The highest BCUT2D eigenvalue weighted by Crippen LogP contribution is 2.35. The molecule has 0 amide bonds. The van der Waals surface area contributed by atoms with E-state index in [4.69, 9.17) is 4.98 Å². The Labute approximate surface area is 123 Å². The Kier molecular flexibility index (Phi) is 2.92. The SMILES string of the molecule is c1ccc(-c2n[nH]c(C3CCNc4ccccc43)n2)cc1. The molecule has 104 valence electrons. The van der Waals surface area contributed by atoms with E-state index in [0.29, 0.717) is 0 Å². The number of hydrogen-bond acceptors (Lipinski definition) is 3. The average molecular weight is 276 g/mol. The van der Waals surface area contributed by atoms with Crippen LogP contribution in [0.25, 0.3) is 11.4 Å². The number of para-hydroxylation sites is 1. The molecule has 2 heterocycles. The number of nitrogens with zero attached hydrogens (tertiary/aromatic N) is 2. The van der Waals surface area contributed by atoms with Crippen molar-refractivity contribution >= 4 is 5.69 Å². The van der Waals surface area contributed by atoms with E-state index in [-0.39, 0.29) is 5.92 Å². The van der Waals surface area contributed by atoms with Crippen molar-refractivity contribution in [3.63, 3.8) is 0 Å². The summed E-state index contributed by atoms with van der Waals surface area (Å²) < 4.78 is 0. The summed E-state index contributed by atoms with van der Waals surface area (Å²) in [5, 5.41) is 10.9. The largest absolute Gasteiger partial charge is 0.385 e. The lowest BCUT2D eigenvalue weighted by Crippen LogP contribution is -2.18. The summed E-state index contributed by atoms with van der Waals surface area (Å²) in [6.45, 7) is 0.961. The van der Waals surface area contributed by atoms with E-state index in [1.807, 2.05) is 30.3 Å². The molecule has 4 nitrogen and oxygen atoms in total. The van der Waals surface area contributed by atoms with Gasteiger partial charge in [-0.2, -0.15) is 5.10 Å². The number of anilines is 1. The second-order valence-corrected chi connectivity index (χ2v) is 5.27. The monoisotopic (exact) mass is 276 g/mol. The van der Waals surface area contributed by atoms with Crippen molar-refractivity contribution in [2.75, 3.05) is 11.9 Å². The Morgan fingerprint density at radius 2 is 1.76 bits per heavy atom.